The Morgan fingerprint density at radius 3 is 2.56 bits per heavy atom. The Bertz CT molecular complexity index is 1280. The number of likely N-dealkylation sites (tertiary alicyclic amines) is 1. The van der Waals surface area contributed by atoms with E-state index in [4.69, 9.17) is 0 Å². The highest BCUT2D eigenvalue weighted by Gasteiger charge is 2.31. The molecule has 0 amide bonds. The lowest BCUT2D eigenvalue weighted by molar-refractivity contribution is -0.137. The van der Waals surface area contributed by atoms with Crippen LogP contribution in [0.25, 0.3) is 17.3 Å². The highest BCUT2D eigenvalue weighted by Crippen LogP contribution is 2.36. The van der Waals surface area contributed by atoms with Gasteiger partial charge in [0, 0.05) is 29.2 Å². The largest absolute Gasteiger partial charge is 0.417 e. The lowest BCUT2D eigenvalue weighted by Crippen LogP contribution is -2.29. The number of benzene rings is 1. The molecule has 1 aromatic carbocycles. The van der Waals surface area contributed by atoms with Crippen LogP contribution in [0.4, 0.5) is 24.7 Å². The number of anilines is 2. The molecule has 1 saturated heterocycles. The number of carbonyl (C=O) groups excluding carboxylic acids is 1. The van der Waals surface area contributed by atoms with Crippen molar-refractivity contribution in [1.29, 1.82) is 0 Å². The van der Waals surface area contributed by atoms with Crippen molar-refractivity contribution in [2.75, 3.05) is 25.5 Å². The van der Waals surface area contributed by atoms with Gasteiger partial charge in [-0.1, -0.05) is 12.1 Å². The average molecular weight is 494 g/mol. The third-order valence-electron chi connectivity index (χ3n) is 6.80. The fraction of sp³-hybridized carbons (Fsp3) is 0.296. The number of halogens is 3. The number of nitrogens with one attached hydrogen (secondary N) is 2. The molecule has 5 rings (SSSR count). The molecule has 9 heteroatoms. The van der Waals surface area contributed by atoms with Gasteiger partial charge in [0.2, 0.25) is 0 Å². The summed E-state index contributed by atoms with van der Waals surface area (Å²) in [7, 11) is 2.14. The van der Waals surface area contributed by atoms with E-state index in [1.165, 1.54) is 11.8 Å². The van der Waals surface area contributed by atoms with Crippen LogP contribution in [0.5, 0.6) is 0 Å². The standard InChI is InChI=1S/C27H26F3N5O/c1-35-10-7-18(8-11-35)17-2-4-22(5-3-17)33-26-25-19(6-9-32-24(25)16-36)13-23(34-26)20-12-21(15-31-14-20)27(28,29)30/h2-6,9,12-16,18,24,32H,7-8,10-11H2,1H3,(H,33,34). The number of aromatic nitrogens is 2. The Morgan fingerprint density at radius 2 is 1.86 bits per heavy atom. The van der Waals surface area contributed by atoms with Crippen LogP contribution in [0.1, 0.15) is 47.1 Å². The van der Waals surface area contributed by atoms with Gasteiger partial charge in [0.15, 0.2) is 0 Å². The van der Waals surface area contributed by atoms with Crippen LogP contribution >= 0.6 is 0 Å². The van der Waals surface area contributed by atoms with E-state index < -0.39 is 17.8 Å². The second-order valence-electron chi connectivity index (χ2n) is 9.26. The molecule has 0 bridgehead atoms. The minimum Gasteiger partial charge on any atom is -0.378 e. The van der Waals surface area contributed by atoms with E-state index in [-0.39, 0.29) is 5.56 Å². The lowest BCUT2D eigenvalue weighted by atomic mass is 9.89. The van der Waals surface area contributed by atoms with Crippen LogP contribution in [0, 0.1) is 0 Å². The highest BCUT2D eigenvalue weighted by molar-refractivity contribution is 5.80. The Hall–Kier alpha value is -3.72. The molecule has 0 spiro atoms. The third-order valence-corrected chi connectivity index (χ3v) is 6.80. The van der Waals surface area contributed by atoms with Crippen LogP contribution in [0.2, 0.25) is 0 Å². The van der Waals surface area contributed by atoms with Gasteiger partial charge in [-0.2, -0.15) is 13.2 Å². The van der Waals surface area contributed by atoms with Gasteiger partial charge in [-0.3, -0.25) is 4.98 Å². The third kappa shape index (κ3) is 4.97. The van der Waals surface area contributed by atoms with Gasteiger partial charge in [-0.05, 0) is 86.6 Å². The summed E-state index contributed by atoms with van der Waals surface area (Å²) in [5, 5.41) is 6.30. The summed E-state index contributed by atoms with van der Waals surface area (Å²) in [6.45, 7) is 2.15. The van der Waals surface area contributed by atoms with Gasteiger partial charge < -0.3 is 20.3 Å². The van der Waals surface area contributed by atoms with Gasteiger partial charge in [0.05, 0.1) is 11.3 Å². The molecule has 186 valence electrons. The fourth-order valence-electron chi connectivity index (χ4n) is 4.77. The number of hydrogen-bond acceptors (Lipinski definition) is 6. The molecule has 3 aromatic rings. The molecule has 0 saturated carbocycles. The zero-order valence-corrected chi connectivity index (χ0v) is 19.7. The number of fused-ring (bicyclic) bond motifs is 1. The molecule has 1 fully saturated rings. The quantitative estimate of drug-likeness (QED) is 0.456. The number of pyridine rings is 2. The van der Waals surface area contributed by atoms with E-state index in [9.17, 15) is 18.0 Å². The summed E-state index contributed by atoms with van der Waals surface area (Å²) in [5.41, 5.74) is 3.11. The van der Waals surface area contributed by atoms with Crippen LogP contribution in [-0.4, -0.2) is 41.3 Å². The lowest BCUT2D eigenvalue weighted by Gasteiger charge is -2.29. The number of hydrogen-bond donors (Lipinski definition) is 2. The molecule has 2 N–H and O–H groups in total. The molecule has 1 atom stereocenters. The van der Waals surface area contributed by atoms with Crippen molar-refractivity contribution in [3.63, 3.8) is 0 Å². The molecule has 0 radical (unpaired) electrons. The molecule has 36 heavy (non-hydrogen) atoms. The monoisotopic (exact) mass is 493 g/mol. The van der Waals surface area contributed by atoms with Crippen LogP contribution in [0.15, 0.2) is 55.0 Å². The Kier molecular flexibility index (Phi) is 6.49. The van der Waals surface area contributed by atoms with Crippen molar-refractivity contribution in [2.24, 2.45) is 0 Å². The fourth-order valence-corrected chi connectivity index (χ4v) is 4.77. The SMILES string of the molecule is CN1CCC(c2ccc(Nc3nc(-c4cncc(C(F)(F)F)c4)cc4c3C(C=O)NC=C4)cc2)CC1. The first-order valence-electron chi connectivity index (χ1n) is 11.8. The van der Waals surface area contributed by atoms with Crippen molar-refractivity contribution >= 4 is 23.9 Å². The van der Waals surface area contributed by atoms with E-state index in [1.807, 2.05) is 12.1 Å². The summed E-state index contributed by atoms with van der Waals surface area (Å²) >= 11 is 0. The van der Waals surface area contributed by atoms with E-state index in [0.717, 1.165) is 50.2 Å². The van der Waals surface area contributed by atoms with Gasteiger partial charge >= 0.3 is 6.18 Å². The van der Waals surface area contributed by atoms with Crippen molar-refractivity contribution in [3.05, 3.63) is 77.2 Å². The van der Waals surface area contributed by atoms with E-state index in [0.29, 0.717) is 28.6 Å². The Labute approximate surface area is 207 Å². The number of rotatable bonds is 5. The van der Waals surface area contributed by atoms with Crippen molar-refractivity contribution in [2.45, 2.75) is 31.0 Å². The first-order valence-corrected chi connectivity index (χ1v) is 11.8. The average Bonchev–Trinajstić information content (AvgIpc) is 2.88. The van der Waals surface area contributed by atoms with Gasteiger partial charge in [-0.25, -0.2) is 4.98 Å². The molecular formula is C27H26F3N5O. The minimum atomic E-state index is -4.51. The maximum atomic E-state index is 13.3. The Morgan fingerprint density at radius 1 is 1.11 bits per heavy atom. The zero-order chi connectivity index (χ0) is 25.3. The number of alkyl halides is 3. The first kappa shape index (κ1) is 24.0. The topological polar surface area (TPSA) is 70.1 Å². The number of carbonyl (C=O) groups is 1. The molecule has 2 aliphatic rings. The van der Waals surface area contributed by atoms with Gasteiger partial charge in [-0.15, -0.1) is 0 Å². The van der Waals surface area contributed by atoms with Gasteiger partial charge in [0.1, 0.15) is 18.1 Å². The second kappa shape index (κ2) is 9.73. The van der Waals surface area contributed by atoms with Crippen LogP contribution in [-0.2, 0) is 11.0 Å². The zero-order valence-electron chi connectivity index (χ0n) is 19.7. The maximum absolute atomic E-state index is 13.3. The predicted octanol–water partition coefficient (Wildman–Crippen LogP) is 5.53. The predicted molar refractivity (Wildman–Crippen MR) is 133 cm³/mol. The van der Waals surface area contributed by atoms with Crippen molar-refractivity contribution in [1.82, 2.24) is 20.2 Å². The summed E-state index contributed by atoms with van der Waals surface area (Å²) in [4.78, 5) is 22.5. The summed E-state index contributed by atoms with van der Waals surface area (Å²) in [5.74, 6) is 0.924. The number of nitrogens with zero attached hydrogens (tertiary/aromatic N) is 3. The number of piperidine rings is 1. The van der Waals surface area contributed by atoms with E-state index >= 15 is 0 Å². The molecule has 2 aliphatic heterocycles. The van der Waals surface area contributed by atoms with E-state index in [1.54, 1.807) is 18.3 Å². The highest BCUT2D eigenvalue weighted by atomic mass is 19.4. The molecule has 6 nitrogen and oxygen atoms in total. The van der Waals surface area contributed by atoms with Crippen LogP contribution < -0.4 is 10.6 Å². The smallest absolute Gasteiger partial charge is 0.378 e. The molecular weight excluding hydrogens is 467 g/mol. The second-order valence-corrected chi connectivity index (χ2v) is 9.26. The first-order chi connectivity index (χ1) is 17.3. The Balaban J connectivity index is 1.50. The molecule has 1 unspecified atom stereocenters. The molecule has 0 aliphatic carbocycles. The van der Waals surface area contributed by atoms with Crippen molar-refractivity contribution in [3.8, 4) is 11.3 Å². The van der Waals surface area contributed by atoms with Gasteiger partial charge in [0.25, 0.3) is 0 Å². The number of aldehydes is 1. The van der Waals surface area contributed by atoms with Crippen LogP contribution in [0.3, 0.4) is 0 Å². The molecule has 4 heterocycles. The summed E-state index contributed by atoms with van der Waals surface area (Å²) < 4.78 is 39.8. The maximum Gasteiger partial charge on any atom is 0.417 e. The summed E-state index contributed by atoms with van der Waals surface area (Å²) in [6.07, 6.45) is 4.07. The van der Waals surface area contributed by atoms with Crippen molar-refractivity contribution < 1.29 is 18.0 Å². The summed E-state index contributed by atoms with van der Waals surface area (Å²) in [6, 6.07) is 10.2. The molecule has 2 aromatic heterocycles. The normalized spacial score (nSPS) is 18.4. The minimum absolute atomic E-state index is 0.239. The van der Waals surface area contributed by atoms with E-state index in [2.05, 4.69) is 44.7 Å².